The number of anilines is 1. The average Bonchev–Trinajstić information content (AvgIpc) is 2.69. The molecule has 1 saturated heterocycles. The van der Waals surface area contributed by atoms with Crippen LogP contribution in [0.25, 0.3) is 0 Å². The highest BCUT2D eigenvalue weighted by atomic mass is 19.1. The molecule has 1 aromatic heterocycles. The molecule has 138 valence electrons. The van der Waals surface area contributed by atoms with Crippen molar-refractivity contribution >= 4 is 11.7 Å². The summed E-state index contributed by atoms with van der Waals surface area (Å²) in [5, 5.41) is 11.1. The van der Waals surface area contributed by atoms with E-state index in [-0.39, 0.29) is 11.7 Å². The Kier molecular flexibility index (Phi) is 6.12. The molecule has 0 bridgehead atoms. The van der Waals surface area contributed by atoms with E-state index in [1.807, 2.05) is 6.07 Å². The van der Waals surface area contributed by atoms with Crippen molar-refractivity contribution in [1.29, 1.82) is 0 Å². The van der Waals surface area contributed by atoms with Crippen LogP contribution < -0.4 is 10.2 Å². The monoisotopic (exact) mass is 357 g/mol. The average molecular weight is 357 g/mol. The van der Waals surface area contributed by atoms with Gasteiger partial charge in [0.15, 0.2) is 11.5 Å². The van der Waals surface area contributed by atoms with Crippen molar-refractivity contribution < 1.29 is 9.18 Å². The van der Waals surface area contributed by atoms with Gasteiger partial charge in [0.25, 0.3) is 5.91 Å². The molecule has 2 aromatic rings. The number of hydrogen-bond acceptors (Lipinski definition) is 5. The molecule has 7 heteroatoms. The zero-order valence-electron chi connectivity index (χ0n) is 15.0. The summed E-state index contributed by atoms with van der Waals surface area (Å²) in [5.74, 6) is 0.301. The lowest BCUT2D eigenvalue weighted by Crippen LogP contribution is -2.46. The SMILES string of the molecule is CCN1CCN(c2ccc(C(=O)NCCc3ccc(F)cc3)nn2)CC1. The number of aromatic nitrogens is 2. The summed E-state index contributed by atoms with van der Waals surface area (Å²) >= 11 is 0. The van der Waals surface area contributed by atoms with Gasteiger partial charge in [-0.3, -0.25) is 4.79 Å². The Morgan fingerprint density at radius 1 is 1.08 bits per heavy atom. The van der Waals surface area contributed by atoms with Gasteiger partial charge in [0.05, 0.1) is 0 Å². The summed E-state index contributed by atoms with van der Waals surface area (Å²) in [6.45, 7) is 7.58. The van der Waals surface area contributed by atoms with E-state index in [1.165, 1.54) is 12.1 Å². The number of benzene rings is 1. The van der Waals surface area contributed by atoms with E-state index in [0.29, 0.717) is 18.7 Å². The maximum Gasteiger partial charge on any atom is 0.271 e. The van der Waals surface area contributed by atoms with E-state index in [9.17, 15) is 9.18 Å². The van der Waals surface area contributed by atoms with Gasteiger partial charge in [0.2, 0.25) is 0 Å². The first-order valence-corrected chi connectivity index (χ1v) is 8.99. The van der Waals surface area contributed by atoms with Crippen LogP contribution in [0.4, 0.5) is 10.2 Å². The Labute approximate surface area is 153 Å². The predicted molar refractivity (Wildman–Crippen MR) is 98.8 cm³/mol. The second kappa shape index (κ2) is 8.71. The molecule has 1 aromatic carbocycles. The molecular formula is C19H24FN5O. The van der Waals surface area contributed by atoms with Gasteiger partial charge in [-0.25, -0.2) is 4.39 Å². The second-order valence-electron chi connectivity index (χ2n) is 6.33. The number of carbonyl (C=O) groups is 1. The fourth-order valence-electron chi connectivity index (χ4n) is 2.97. The molecule has 26 heavy (non-hydrogen) atoms. The highest BCUT2D eigenvalue weighted by Gasteiger charge is 2.17. The van der Waals surface area contributed by atoms with Gasteiger partial charge in [-0.1, -0.05) is 19.1 Å². The third-order valence-corrected chi connectivity index (χ3v) is 4.64. The number of likely N-dealkylation sites (N-methyl/N-ethyl adjacent to an activating group) is 1. The fourth-order valence-corrected chi connectivity index (χ4v) is 2.97. The third kappa shape index (κ3) is 4.76. The van der Waals surface area contributed by atoms with Crippen LogP contribution in [-0.4, -0.2) is 60.3 Å². The molecule has 0 saturated carbocycles. The van der Waals surface area contributed by atoms with Crippen molar-refractivity contribution in [3.8, 4) is 0 Å². The van der Waals surface area contributed by atoms with Crippen LogP contribution in [0.5, 0.6) is 0 Å². The van der Waals surface area contributed by atoms with E-state index in [4.69, 9.17) is 0 Å². The molecule has 0 unspecified atom stereocenters. The Balaban J connectivity index is 1.48. The number of rotatable bonds is 6. The summed E-state index contributed by atoms with van der Waals surface area (Å²) in [7, 11) is 0. The minimum absolute atomic E-state index is 0.248. The van der Waals surface area contributed by atoms with Gasteiger partial charge in [0.1, 0.15) is 5.82 Å². The van der Waals surface area contributed by atoms with Crippen LogP contribution >= 0.6 is 0 Å². The standard InChI is InChI=1S/C19H24FN5O/c1-2-24-11-13-25(14-12-24)18-8-7-17(22-23-18)19(26)21-10-9-15-3-5-16(20)6-4-15/h3-8H,2,9-14H2,1H3,(H,21,26). The fraction of sp³-hybridized carbons (Fsp3) is 0.421. The number of nitrogens with one attached hydrogen (secondary N) is 1. The molecule has 1 aliphatic rings. The van der Waals surface area contributed by atoms with Gasteiger partial charge in [0, 0.05) is 32.7 Å². The van der Waals surface area contributed by atoms with Crippen molar-refractivity contribution in [3.63, 3.8) is 0 Å². The zero-order valence-corrected chi connectivity index (χ0v) is 15.0. The van der Waals surface area contributed by atoms with Crippen molar-refractivity contribution in [2.24, 2.45) is 0 Å². The van der Waals surface area contributed by atoms with E-state index in [2.05, 4.69) is 32.2 Å². The van der Waals surface area contributed by atoms with Gasteiger partial charge in [-0.05, 0) is 42.8 Å². The molecule has 6 nitrogen and oxygen atoms in total. The Morgan fingerprint density at radius 3 is 2.42 bits per heavy atom. The largest absolute Gasteiger partial charge is 0.353 e. The lowest BCUT2D eigenvalue weighted by atomic mass is 10.1. The van der Waals surface area contributed by atoms with Gasteiger partial charge >= 0.3 is 0 Å². The van der Waals surface area contributed by atoms with Crippen molar-refractivity contribution in [1.82, 2.24) is 20.4 Å². The van der Waals surface area contributed by atoms with E-state index >= 15 is 0 Å². The first-order chi connectivity index (χ1) is 12.7. The summed E-state index contributed by atoms with van der Waals surface area (Å²) in [4.78, 5) is 16.8. The van der Waals surface area contributed by atoms with Crippen LogP contribution in [-0.2, 0) is 6.42 Å². The molecule has 0 atom stereocenters. The minimum atomic E-state index is -0.260. The Hall–Kier alpha value is -2.54. The molecule has 1 aliphatic heterocycles. The first kappa shape index (κ1) is 18.3. The normalized spacial score (nSPS) is 15.1. The van der Waals surface area contributed by atoms with E-state index in [0.717, 1.165) is 44.1 Å². The molecule has 3 rings (SSSR count). The molecular weight excluding hydrogens is 333 g/mol. The van der Waals surface area contributed by atoms with E-state index in [1.54, 1.807) is 18.2 Å². The van der Waals surface area contributed by atoms with Crippen molar-refractivity contribution in [2.45, 2.75) is 13.3 Å². The van der Waals surface area contributed by atoms with E-state index < -0.39 is 0 Å². The smallest absolute Gasteiger partial charge is 0.271 e. The topological polar surface area (TPSA) is 61.4 Å². The second-order valence-corrected chi connectivity index (χ2v) is 6.33. The molecule has 1 amide bonds. The number of carbonyl (C=O) groups excluding carboxylic acids is 1. The molecule has 1 fully saturated rings. The van der Waals surface area contributed by atoms with Gasteiger partial charge in [-0.15, -0.1) is 10.2 Å². The van der Waals surface area contributed by atoms with Gasteiger partial charge < -0.3 is 15.1 Å². The van der Waals surface area contributed by atoms with Crippen LogP contribution in [0.3, 0.4) is 0 Å². The third-order valence-electron chi connectivity index (χ3n) is 4.64. The van der Waals surface area contributed by atoms with Crippen LogP contribution in [0.2, 0.25) is 0 Å². The summed E-state index contributed by atoms with van der Waals surface area (Å²) in [6, 6.07) is 9.83. The molecule has 0 spiro atoms. The number of hydrogen-bond donors (Lipinski definition) is 1. The molecule has 1 N–H and O–H groups in total. The van der Waals surface area contributed by atoms with Gasteiger partial charge in [-0.2, -0.15) is 0 Å². The zero-order chi connectivity index (χ0) is 18.4. The minimum Gasteiger partial charge on any atom is -0.353 e. The summed E-state index contributed by atoms with van der Waals surface area (Å²) in [6.07, 6.45) is 0.638. The maximum absolute atomic E-state index is 12.9. The van der Waals surface area contributed by atoms with Crippen LogP contribution in [0.15, 0.2) is 36.4 Å². The highest BCUT2D eigenvalue weighted by Crippen LogP contribution is 2.12. The molecule has 0 aliphatic carbocycles. The van der Waals surface area contributed by atoms with Crippen LogP contribution in [0, 0.1) is 5.82 Å². The maximum atomic E-state index is 12.9. The number of amides is 1. The highest BCUT2D eigenvalue weighted by molar-refractivity contribution is 5.92. The summed E-state index contributed by atoms with van der Waals surface area (Å²) in [5.41, 5.74) is 1.28. The quantitative estimate of drug-likeness (QED) is 0.853. The summed E-state index contributed by atoms with van der Waals surface area (Å²) < 4.78 is 12.9. The van der Waals surface area contributed by atoms with Crippen molar-refractivity contribution in [3.05, 3.63) is 53.5 Å². The Bertz CT molecular complexity index is 712. The van der Waals surface area contributed by atoms with Crippen LogP contribution in [0.1, 0.15) is 23.0 Å². The lowest BCUT2D eigenvalue weighted by molar-refractivity contribution is 0.0948. The predicted octanol–water partition coefficient (Wildman–Crippen LogP) is 1.73. The number of halogens is 1. The lowest BCUT2D eigenvalue weighted by Gasteiger charge is -2.34. The number of nitrogens with zero attached hydrogens (tertiary/aromatic N) is 4. The van der Waals surface area contributed by atoms with Crippen molar-refractivity contribution in [2.75, 3.05) is 44.2 Å². The molecule has 0 radical (unpaired) electrons. The Morgan fingerprint density at radius 2 is 1.81 bits per heavy atom. The first-order valence-electron chi connectivity index (χ1n) is 8.99. The molecule has 2 heterocycles. The number of piperazine rings is 1.